The molecule has 0 atom stereocenters. The summed E-state index contributed by atoms with van der Waals surface area (Å²) in [5.74, 6) is 0.121. The van der Waals surface area contributed by atoms with Crippen LogP contribution in [0.5, 0.6) is 0 Å². The highest BCUT2D eigenvalue weighted by molar-refractivity contribution is 6.08. The molecule has 0 unspecified atom stereocenters. The highest BCUT2D eigenvalue weighted by Gasteiger charge is 2.15. The second-order valence-electron chi connectivity index (χ2n) is 7.19. The van der Waals surface area contributed by atoms with Crippen molar-refractivity contribution in [2.75, 3.05) is 11.9 Å². The van der Waals surface area contributed by atoms with Gasteiger partial charge in [0.25, 0.3) is 0 Å². The average molecular weight is 448 g/mol. The van der Waals surface area contributed by atoms with Gasteiger partial charge in [-0.1, -0.05) is 19.1 Å². The molecule has 0 aliphatic carbocycles. The fraction of sp³-hybridized carbons (Fsp3) is 0.250. The van der Waals surface area contributed by atoms with Crippen LogP contribution in [0.3, 0.4) is 0 Å². The number of hydrogen-bond donors (Lipinski definition) is 3. The zero-order valence-electron chi connectivity index (χ0n) is 19.3. The van der Waals surface area contributed by atoms with Gasteiger partial charge in [0, 0.05) is 42.1 Å². The predicted octanol–water partition coefficient (Wildman–Crippen LogP) is 3.08. The zero-order valence-corrected chi connectivity index (χ0v) is 19.3. The van der Waals surface area contributed by atoms with E-state index in [0.29, 0.717) is 46.3 Å². The number of Topliss-reactive ketones (excluding diaryl/α,β-unsaturated/α-hetero) is 1. The molecule has 172 valence electrons. The van der Waals surface area contributed by atoms with Crippen molar-refractivity contribution in [3.8, 4) is 11.4 Å². The van der Waals surface area contributed by atoms with Crippen molar-refractivity contribution in [2.24, 2.45) is 5.73 Å². The highest BCUT2D eigenvalue weighted by Crippen LogP contribution is 2.15. The van der Waals surface area contributed by atoms with E-state index in [1.54, 1.807) is 56.9 Å². The standard InChI is InChI=1S/C24H29N7O2/c1-5-6-16(2)20(30-15-32)8-7-17(3)23(33)19(18(4)25)13-29-24-28-10-9-21(31-24)22-14-26-11-12-27-22/h6-12,14-15H,5,13,25H2,1-4H3,(H,30,32)(H,28,29,31)/b16-6+,17-7+,19-18-,20-8+. The molecule has 0 radical (unpaired) electrons. The Morgan fingerprint density at radius 1 is 1.06 bits per heavy atom. The van der Waals surface area contributed by atoms with Crippen LogP contribution in [0, 0.1) is 0 Å². The lowest BCUT2D eigenvalue weighted by Crippen LogP contribution is -2.19. The fourth-order valence-electron chi connectivity index (χ4n) is 2.88. The Labute approximate surface area is 193 Å². The molecular weight excluding hydrogens is 418 g/mol. The van der Waals surface area contributed by atoms with Crippen LogP contribution >= 0.6 is 0 Å². The van der Waals surface area contributed by atoms with Gasteiger partial charge in [0.2, 0.25) is 12.4 Å². The van der Waals surface area contributed by atoms with Crippen molar-refractivity contribution in [3.63, 3.8) is 0 Å². The minimum Gasteiger partial charge on any atom is -0.402 e. The van der Waals surface area contributed by atoms with Crippen molar-refractivity contribution < 1.29 is 9.59 Å². The van der Waals surface area contributed by atoms with Gasteiger partial charge in [-0.05, 0) is 50.5 Å². The molecular formula is C24H29N7O2. The molecule has 4 N–H and O–H groups in total. The summed E-state index contributed by atoms with van der Waals surface area (Å²) in [4.78, 5) is 40.8. The van der Waals surface area contributed by atoms with Crippen LogP contribution in [0.15, 0.2) is 77.2 Å². The van der Waals surface area contributed by atoms with Crippen molar-refractivity contribution in [1.82, 2.24) is 25.3 Å². The van der Waals surface area contributed by atoms with Gasteiger partial charge in [0.15, 0.2) is 5.78 Å². The predicted molar refractivity (Wildman–Crippen MR) is 129 cm³/mol. The molecule has 0 aliphatic heterocycles. The van der Waals surface area contributed by atoms with Crippen LogP contribution in [-0.2, 0) is 9.59 Å². The van der Waals surface area contributed by atoms with Crippen LogP contribution in [0.1, 0.15) is 34.1 Å². The van der Waals surface area contributed by atoms with Gasteiger partial charge in [-0.2, -0.15) is 0 Å². The summed E-state index contributed by atoms with van der Waals surface area (Å²) in [5.41, 5.74) is 10.0. The Bertz CT molecular complexity index is 1100. The average Bonchev–Trinajstić information content (AvgIpc) is 2.82. The van der Waals surface area contributed by atoms with Crippen molar-refractivity contribution >= 4 is 18.1 Å². The van der Waals surface area contributed by atoms with E-state index in [2.05, 4.69) is 30.6 Å². The van der Waals surface area contributed by atoms with Crippen LogP contribution in [0.25, 0.3) is 11.4 Å². The topological polar surface area (TPSA) is 136 Å². The largest absolute Gasteiger partial charge is 0.402 e. The third-order valence-corrected chi connectivity index (χ3v) is 4.66. The SMILES string of the molecule is CC/C=C(C)/C(=C\C=C(/C)C(=O)/C(CNc1nccc(-c2cnccn2)n1)=C(/C)N)NC=O. The number of rotatable bonds is 11. The lowest BCUT2D eigenvalue weighted by molar-refractivity contribution is -0.112. The molecule has 2 heterocycles. The number of amides is 1. The zero-order chi connectivity index (χ0) is 24.2. The molecule has 9 heteroatoms. The summed E-state index contributed by atoms with van der Waals surface area (Å²) in [6.45, 7) is 7.42. The normalized spacial score (nSPS) is 13.3. The molecule has 2 aromatic heterocycles. The van der Waals surface area contributed by atoms with E-state index in [1.807, 2.05) is 19.9 Å². The molecule has 33 heavy (non-hydrogen) atoms. The van der Waals surface area contributed by atoms with Gasteiger partial charge in [-0.3, -0.25) is 19.6 Å². The molecule has 0 bridgehead atoms. The number of ketones is 1. The van der Waals surface area contributed by atoms with Gasteiger partial charge >= 0.3 is 0 Å². The lowest BCUT2D eigenvalue weighted by Gasteiger charge is -2.11. The minimum absolute atomic E-state index is 0.147. The fourth-order valence-corrected chi connectivity index (χ4v) is 2.88. The quantitative estimate of drug-likeness (QED) is 0.272. The van der Waals surface area contributed by atoms with E-state index in [0.717, 1.165) is 12.0 Å². The second kappa shape index (κ2) is 12.7. The van der Waals surface area contributed by atoms with Gasteiger partial charge in [0.1, 0.15) is 5.69 Å². The summed E-state index contributed by atoms with van der Waals surface area (Å²) in [5, 5.41) is 5.71. The smallest absolute Gasteiger partial charge is 0.223 e. The van der Waals surface area contributed by atoms with E-state index in [-0.39, 0.29) is 12.3 Å². The summed E-state index contributed by atoms with van der Waals surface area (Å²) in [7, 11) is 0. The molecule has 9 nitrogen and oxygen atoms in total. The molecule has 0 spiro atoms. The highest BCUT2D eigenvalue weighted by atomic mass is 16.1. The molecule has 1 amide bonds. The monoisotopic (exact) mass is 447 g/mol. The number of anilines is 1. The first-order chi connectivity index (χ1) is 15.9. The molecule has 0 saturated heterocycles. The van der Waals surface area contributed by atoms with Gasteiger partial charge in [-0.25, -0.2) is 9.97 Å². The molecule has 0 aliphatic rings. The van der Waals surface area contributed by atoms with Crippen LogP contribution in [0.4, 0.5) is 5.95 Å². The number of nitrogens with one attached hydrogen (secondary N) is 2. The molecule has 0 aromatic carbocycles. The number of nitrogens with two attached hydrogens (primary N) is 1. The number of hydrogen-bond acceptors (Lipinski definition) is 8. The molecule has 0 fully saturated rings. The summed E-state index contributed by atoms with van der Waals surface area (Å²) < 4.78 is 0. The maximum absolute atomic E-state index is 13.0. The maximum atomic E-state index is 13.0. The first-order valence-corrected chi connectivity index (χ1v) is 10.5. The van der Waals surface area contributed by atoms with Crippen molar-refractivity contribution in [2.45, 2.75) is 34.1 Å². The second-order valence-corrected chi connectivity index (χ2v) is 7.19. The summed E-state index contributed by atoms with van der Waals surface area (Å²) >= 11 is 0. The number of carbonyl (C=O) groups excluding carboxylic acids is 2. The van der Waals surface area contributed by atoms with Crippen LogP contribution < -0.4 is 16.4 Å². The summed E-state index contributed by atoms with van der Waals surface area (Å²) in [6.07, 6.45) is 13.2. The number of nitrogens with zero attached hydrogens (tertiary/aromatic N) is 4. The van der Waals surface area contributed by atoms with E-state index in [9.17, 15) is 9.59 Å². The molecule has 2 aromatic rings. The van der Waals surface area contributed by atoms with E-state index in [1.165, 1.54) is 0 Å². The van der Waals surface area contributed by atoms with Crippen LogP contribution in [-0.4, -0.2) is 38.7 Å². The molecule has 2 rings (SSSR count). The van der Waals surface area contributed by atoms with E-state index in [4.69, 9.17) is 5.73 Å². The first kappa shape index (κ1) is 25.1. The van der Waals surface area contributed by atoms with Gasteiger partial charge < -0.3 is 16.4 Å². The third-order valence-electron chi connectivity index (χ3n) is 4.66. The Kier molecular flexibility index (Phi) is 9.63. The van der Waals surface area contributed by atoms with Gasteiger partial charge in [0.05, 0.1) is 11.9 Å². The maximum Gasteiger partial charge on any atom is 0.223 e. The molecule has 0 saturated carbocycles. The van der Waals surface area contributed by atoms with E-state index < -0.39 is 0 Å². The van der Waals surface area contributed by atoms with Crippen molar-refractivity contribution in [3.05, 3.63) is 77.2 Å². The number of carbonyl (C=O) groups is 2. The minimum atomic E-state index is -0.216. The number of allylic oxidation sites excluding steroid dienone is 6. The third kappa shape index (κ3) is 7.49. The Hall–Kier alpha value is -4.14. The van der Waals surface area contributed by atoms with Crippen molar-refractivity contribution in [1.29, 1.82) is 0 Å². The first-order valence-electron chi connectivity index (χ1n) is 10.5. The van der Waals surface area contributed by atoms with Gasteiger partial charge in [-0.15, -0.1) is 0 Å². The number of aromatic nitrogens is 4. The Balaban J connectivity index is 2.19. The Morgan fingerprint density at radius 2 is 1.85 bits per heavy atom. The Morgan fingerprint density at radius 3 is 2.48 bits per heavy atom. The summed E-state index contributed by atoms with van der Waals surface area (Å²) in [6, 6.07) is 1.73. The van der Waals surface area contributed by atoms with E-state index >= 15 is 0 Å². The lowest BCUT2D eigenvalue weighted by atomic mass is 10.0. The van der Waals surface area contributed by atoms with Crippen LogP contribution in [0.2, 0.25) is 0 Å².